The third-order valence-electron chi connectivity index (χ3n) is 3.45. The SMILES string of the molecule is C[C@H](NC(=O)N1CCOC2CCCC21)C(=O)O. The Labute approximate surface area is 99.9 Å². The summed E-state index contributed by atoms with van der Waals surface area (Å²) in [6.07, 6.45) is 3.13. The number of carbonyl (C=O) groups excluding carboxylic acids is 1. The number of rotatable bonds is 2. The monoisotopic (exact) mass is 242 g/mol. The molecule has 0 aromatic rings. The molecule has 2 unspecified atom stereocenters. The number of nitrogens with zero attached hydrogens (tertiary/aromatic N) is 1. The van der Waals surface area contributed by atoms with Crippen LogP contribution in [-0.2, 0) is 9.53 Å². The summed E-state index contributed by atoms with van der Waals surface area (Å²) in [6.45, 7) is 2.54. The van der Waals surface area contributed by atoms with Gasteiger partial charge in [-0.3, -0.25) is 4.79 Å². The molecule has 17 heavy (non-hydrogen) atoms. The largest absolute Gasteiger partial charge is 0.480 e. The van der Waals surface area contributed by atoms with E-state index in [9.17, 15) is 9.59 Å². The standard InChI is InChI=1S/C11H18N2O4/c1-7(10(14)15)12-11(16)13-5-6-17-9-4-2-3-8(9)13/h7-9H,2-6H2,1H3,(H,12,16)(H,14,15)/t7-,8?,9?/m0/s1. The molecule has 0 bridgehead atoms. The molecule has 1 heterocycles. The minimum atomic E-state index is -1.02. The minimum Gasteiger partial charge on any atom is -0.480 e. The first-order chi connectivity index (χ1) is 8.09. The first-order valence-corrected chi connectivity index (χ1v) is 6.01. The Kier molecular flexibility index (Phi) is 3.51. The molecular weight excluding hydrogens is 224 g/mol. The van der Waals surface area contributed by atoms with Crippen molar-refractivity contribution in [1.82, 2.24) is 10.2 Å². The van der Waals surface area contributed by atoms with Crippen LogP contribution in [0, 0.1) is 0 Å². The number of fused-ring (bicyclic) bond motifs is 1. The molecule has 1 aliphatic carbocycles. The van der Waals surface area contributed by atoms with E-state index in [0.717, 1.165) is 19.3 Å². The second-order valence-electron chi connectivity index (χ2n) is 4.61. The van der Waals surface area contributed by atoms with Crippen molar-refractivity contribution in [3.63, 3.8) is 0 Å². The number of nitrogens with one attached hydrogen (secondary N) is 1. The van der Waals surface area contributed by atoms with Crippen molar-refractivity contribution < 1.29 is 19.4 Å². The zero-order valence-electron chi connectivity index (χ0n) is 9.89. The van der Waals surface area contributed by atoms with Crippen LogP contribution in [0.4, 0.5) is 4.79 Å². The van der Waals surface area contributed by atoms with Gasteiger partial charge in [0.05, 0.1) is 18.8 Å². The van der Waals surface area contributed by atoms with Gasteiger partial charge in [-0.2, -0.15) is 0 Å². The predicted octanol–water partition coefficient (Wildman–Crippen LogP) is 0.422. The highest BCUT2D eigenvalue weighted by Gasteiger charge is 2.38. The summed E-state index contributed by atoms with van der Waals surface area (Å²) < 4.78 is 5.60. The fraction of sp³-hybridized carbons (Fsp3) is 0.818. The first-order valence-electron chi connectivity index (χ1n) is 6.01. The van der Waals surface area contributed by atoms with Gasteiger partial charge in [0, 0.05) is 6.54 Å². The number of aliphatic carboxylic acids is 1. The highest BCUT2D eigenvalue weighted by Crippen LogP contribution is 2.29. The number of carboxylic acid groups (broad SMARTS) is 1. The third kappa shape index (κ3) is 2.52. The van der Waals surface area contributed by atoms with Crippen molar-refractivity contribution in [3.8, 4) is 0 Å². The predicted molar refractivity (Wildman–Crippen MR) is 59.7 cm³/mol. The minimum absolute atomic E-state index is 0.116. The van der Waals surface area contributed by atoms with Gasteiger partial charge in [-0.15, -0.1) is 0 Å². The summed E-state index contributed by atoms with van der Waals surface area (Å²) in [5.41, 5.74) is 0. The van der Waals surface area contributed by atoms with Crippen molar-refractivity contribution in [3.05, 3.63) is 0 Å². The number of morpholine rings is 1. The maximum Gasteiger partial charge on any atom is 0.325 e. The number of ether oxygens (including phenoxy) is 1. The molecule has 1 saturated carbocycles. The van der Waals surface area contributed by atoms with Gasteiger partial charge in [0.25, 0.3) is 0 Å². The fourth-order valence-electron chi connectivity index (χ4n) is 2.51. The van der Waals surface area contributed by atoms with E-state index < -0.39 is 12.0 Å². The average Bonchev–Trinajstić information content (AvgIpc) is 2.76. The van der Waals surface area contributed by atoms with E-state index in [2.05, 4.69) is 5.32 Å². The van der Waals surface area contributed by atoms with Crippen molar-refractivity contribution in [2.75, 3.05) is 13.2 Å². The van der Waals surface area contributed by atoms with Crippen LogP contribution in [-0.4, -0.2) is 53.3 Å². The van der Waals surface area contributed by atoms with Crippen LogP contribution in [0.3, 0.4) is 0 Å². The molecule has 2 fully saturated rings. The normalized spacial score (nSPS) is 29.6. The summed E-state index contributed by atoms with van der Waals surface area (Å²) in [7, 11) is 0. The van der Waals surface area contributed by atoms with Gasteiger partial charge < -0.3 is 20.1 Å². The maximum absolute atomic E-state index is 12.0. The molecule has 2 aliphatic rings. The van der Waals surface area contributed by atoms with Crippen LogP contribution in [0.1, 0.15) is 26.2 Å². The van der Waals surface area contributed by atoms with Gasteiger partial charge in [-0.25, -0.2) is 4.79 Å². The van der Waals surface area contributed by atoms with Gasteiger partial charge in [0.2, 0.25) is 0 Å². The molecule has 96 valence electrons. The van der Waals surface area contributed by atoms with E-state index in [1.165, 1.54) is 6.92 Å². The average molecular weight is 242 g/mol. The topological polar surface area (TPSA) is 78.9 Å². The smallest absolute Gasteiger partial charge is 0.325 e. The molecule has 0 aromatic heterocycles. The molecule has 2 N–H and O–H groups in total. The Morgan fingerprint density at radius 2 is 2.24 bits per heavy atom. The van der Waals surface area contributed by atoms with Crippen LogP contribution in [0.25, 0.3) is 0 Å². The van der Waals surface area contributed by atoms with Crippen molar-refractivity contribution >= 4 is 12.0 Å². The quantitative estimate of drug-likeness (QED) is 0.735. The molecule has 0 radical (unpaired) electrons. The van der Waals surface area contributed by atoms with Crippen LogP contribution in [0.15, 0.2) is 0 Å². The third-order valence-corrected chi connectivity index (χ3v) is 3.45. The number of amides is 2. The van der Waals surface area contributed by atoms with Gasteiger partial charge in [-0.1, -0.05) is 0 Å². The number of hydrogen-bond donors (Lipinski definition) is 2. The molecular formula is C11H18N2O4. The van der Waals surface area contributed by atoms with Gasteiger partial charge in [-0.05, 0) is 26.2 Å². The molecule has 0 spiro atoms. The summed E-state index contributed by atoms with van der Waals surface area (Å²) in [4.78, 5) is 24.4. The van der Waals surface area contributed by atoms with E-state index in [0.29, 0.717) is 13.2 Å². The molecule has 1 aliphatic heterocycles. The van der Waals surface area contributed by atoms with E-state index in [4.69, 9.17) is 9.84 Å². The first kappa shape index (κ1) is 12.2. The van der Waals surface area contributed by atoms with E-state index in [1.54, 1.807) is 4.90 Å². The second-order valence-corrected chi connectivity index (χ2v) is 4.61. The molecule has 3 atom stereocenters. The summed E-state index contributed by atoms with van der Waals surface area (Å²) in [6, 6.07) is -1.03. The molecule has 2 amide bonds. The van der Waals surface area contributed by atoms with Gasteiger partial charge in [0.15, 0.2) is 0 Å². The molecule has 1 saturated heterocycles. The zero-order chi connectivity index (χ0) is 12.4. The number of urea groups is 1. The summed E-state index contributed by atoms with van der Waals surface area (Å²) in [5.74, 6) is -1.02. The number of carbonyl (C=O) groups is 2. The highest BCUT2D eigenvalue weighted by molar-refractivity contribution is 5.82. The Bertz CT molecular complexity index is 321. The summed E-state index contributed by atoms with van der Waals surface area (Å²) >= 11 is 0. The molecule has 6 heteroatoms. The van der Waals surface area contributed by atoms with E-state index >= 15 is 0 Å². The molecule has 2 rings (SSSR count). The highest BCUT2D eigenvalue weighted by atomic mass is 16.5. The Hall–Kier alpha value is -1.30. The molecule has 6 nitrogen and oxygen atoms in total. The lowest BCUT2D eigenvalue weighted by Gasteiger charge is -2.37. The van der Waals surface area contributed by atoms with Crippen LogP contribution < -0.4 is 5.32 Å². The Balaban J connectivity index is 1.96. The number of carboxylic acids is 1. The van der Waals surface area contributed by atoms with Crippen LogP contribution >= 0.6 is 0 Å². The van der Waals surface area contributed by atoms with Crippen molar-refractivity contribution in [2.45, 2.75) is 44.4 Å². The molecule has 0 aromatic carbocycles. The van der Waals surface area contributed by atoms with E-state index in [-0.39, 0.29) is 18.2 Å². The Morgan fingerprint density at radius 3 is 2.94 bits per heavy atom. The lowest BCUT2D eigenvalue weighted by Crippen LogP contribution is -2.56. The Morgan fingerprint density at radius 1 is 1.47 bits per heavy atom. The lowest BCUT2D eigenvalue weighted by atomic mass is 10.1. The summed E-state index contributed by atoms with van der Waals surface area (Å²) in [5, 5.41) is 11.3. The van der Waals surface area contributed by atoms with E-state index in [1.807, 2.05) is 0 Å². The fourth-order valence-corrected chi connectivity index (χ4v) is 2.51. The zero-order valence-corrected chi connectivity index (χ0v) is 9.89. The van der Waals surface area contributed by atoms with Crippen LogP contribution in [0.5, 0.6) is 0 Å². The lowest BCUT2D eigenvalue weighted by molar-refractivity contribution is -0.138. The van der Waals surface area contributed by atoms with Gasteiger partial charge in [0.1, 0.15) is 6.04 Å². The maximum atomic E-state index is 12.0. The van der Waals surface area contributed by atoms with Gasteiger partial charge >= 0.3 is 12.0 Å². The van der Waals surface area contributed by atoms with Crippen molar-refractivity contribution in [2.24, 2.45) is 0 Å². The van der Waals surface area contributed by atoms with Crippen molar-refractivity contribution in [1.29, 1.82) is 0 Å². The second kappa shape index (κ2) is 4.91. The van der Waals surface area contributed by atoms with Crippen LogP contribution in [0.2, 0.25) is 0 Å². The number of hydrogen-bond acceptors (Lipinski definition) is 3.